The van der Waals surface area contributed by atoms with Crippen LogP contribution in [-0.4, -0.2) is 36.3 Å². The van der Waals surface area contributed by atoms with Crippen molar-refractivity contribution in [3.05, 3.63) is 64.7 Å². The molecule has 1 unspecified atom stereocenters. The van der Waals surface area contributed by atoms with Crippen LogP contribution in [0.4, 0.5) is 41.2 Å². The molecule has 0 fully saturated rings. The minimum absolute atomic E-state index is 0.0642. The van der Waals surface area contributed by atoms with Crippen molar-refractivity contribution in [2.45, 2.75) is 64.3 Å². The standard InChI is InChI=1S/C25H26F7N2O3/c1-15(2)37-23(36)34(13-26)16(3)8-21(20-6-4-5-7-22(20)34)33(14-35)12-17-9-18(24(27,28)29)11-19(10-17)25(30,31)32/h4-7,9-11,14-16,21H,8,12-13H2,1-3H3/q+1/t16-,21+,34?/m1/s1/i9T. The highest BCUT2D eigenvalue weighted by Crippen LogP contribution is 2.46. The van der Waals surface area contributed by atoms with Crippen molar-refractivity contribution in [1.29, 1.82) is 0 Å². The van der Waals surface area contributed by atoms with Gasteiger partial charge in [-0.25, -0.2) is 0 Å². The average Bonchev–Trinajstić information content (AvgIpc) is 2.81. The molecule has 0 saturated heterocycles. The summed E-state index contributed by atoms with van der Waals surface area (Å²) in [6.45, 7) is 2.78. The number of para-hydroxylation sites is 1. The Balaban J connectivity index is 2.12. The second-order valence-electron chi connectivity index (χ2n) is 9.16. The number of amides is 2. The number of alkyl halides is 7. The summed E-state index contributed by atoms with van der Waals surface area (Å²) < 4.78 is 108. The molecule has 0 radical (unpaired) electrons. The van der Waals surface area contributed by atoms with Crippen molar-refractivity contribution in [2.75, 3.05) is 6.80 Å². The van der Waals surface area contributed by atoms with Gasteiger partial charge in [0.1, 0.15) is 12.1 Å². The third kappa shape index (κ3) is 5.58. The lowest BCUT2D eigenvalue weighted by molar-refractivity contribution is -0.143. The smallest absolute Gasteiger partial charge is 0.417 e. The molecule has 1 aliphatic heterocycles. The zero-order valence-electron chi connectivity index (χ0n) is 21.2. The molecule has 2 amide bonds. The van der Waals surface area contributed by atoms with Gasteiger partial charge in [0.15, 0.2) is 5.69 Å². The third-order valence-electron chi connectivity index (χ3n) is 6.34. The Labute approximate surface area is 210 Å². The van der Waals surface area contributed by atoms with Crippen molar-refractivity contribution in [3.8, 4) is 0 Å². The largest absolute Gasteiger partial charge is 0.523 e. The molecular weight excluding hydrogens is 509 g/mol. The van der Waals surface area contributed by atoms with Gasteiger partial charge in [-0.1, -0.05) is 18.2 Å². The van der Waals surface area contributed by atoms with Crippen molar-refractivity contribution in [1.82, 2.24) is 9.38 Å². The van der Waals surface area contributed by atoms with E-state index in [2.05, 4.69) is 0 Å². The molecule has 0 spiro atoms. The normalized spacial score (nSPS) is 22.3. The number of benzene rings is 2. The molecule has 0 N–H and O–H groups in total. The number of quaternary nitrogens is 1. The Bertz CT molecular complexity index is 1200. The van der Waals surface area contributed by atoms with E-state index < -0.39 is 77.2 Å². The first-order chi connectivity index (χ1) is 17.6. The highest BCUT2D eigenvalue weighted by molar-refractivity contribution is 5.85. The number of carbonyl (C=O) groups excluding carboxylic acids is 2. The number of ether oxygens (including phenoxy) is 1. The van der Waals surface area contributed by atoms with Gasteiger partial charge in [-0.15, -0.1) is 0 Å². The average molecular weight is 537 g/mol. The van der Waals surface area contributed by atoms with E-state index >= 15 is 0 Å². The molecule has 5 nitrogen and oxygen atoms in total. The van der Waals surface area contributed by atoms with Gasteiger partial charge < -0.3 is 9.64 Å². The fraction of sp³-hybridized carbons (Fsp3) is 0.440. The van der Waals surface area contributed by atoms with Crippen LogP contribution in [0.25, 0.3) is 0 Å². The summed E-state index contributed by atoms with van der Waals surface area (Å²) in [7, 11) is 0. The molecule has 0 saturated carbocycles. The van der Waals surface area contributed by atoms with Gasteiger partial charge in [-0.3, -0.25) is 4.79 Å². The van der Waals surface area contributed by atoms with Crippen LogP contribution < -0.4 is 4.48 Å². The van der Waals surface area contributed by atoms with Gasteiger partial charge in [0, 0.05) is 24.6 Å². The summed E-state index contributed by atoms with van der Waals surface area (Å²) in [4.78, 5) is 26.2. The lowest BCUT2D eigenvalue weighted by Crippen LogP contribution is -2.63. The third-order valence-corrected chi connectivity index (χ3v) is 6.34. The fourth-order valence-electron chi connectivity index (χ4n) is 4.57. The second-order valence-corrected chi connectivity index (χ2v) is 9.16. The van der Waals surface area contributed by atoms with E-state index in [4.69, 9.17) is 6.11 Å². The Kier molecular flexibility index (Phi) is 7.50. The predicted molar refractivity (Wildman–Crippen MR) is 121 cm³/mol. The van der Waals surface area contributed by atoms with Crippen LogP contribution in [0, 0.1) is 0 Å². The van der Waals surface area contributed by atoms with Crippen LogP contribution in [0.3, 0.4) is 0 Å². The number of halogens is 7. The quantitative estimate of drug-likeness (QED) is 0.173. The van der Waals surface area contributed by atoms with E-state index in [9.17, 15) is 40.3 Å². The summed E-state index contributed by atoms with van der Waals surface area (Å²) >= 11 is 0. The van der Waals surface area contributed by atoms with Crippen LogP contribution in [0.1, 0.15) is 56.9 Å². The minimum atomic E-state index is -5.24. The number of hydrogen-bond acceptors (Lipinski definition) is 3. The molecule has 0 aromatic heterocycles. The van der Waals surface area contributed by atoms with Crippen LogP contribution in [0.15, 0.2) is 42.4 Å². The van der Waals surface area contributed by atoms with Crippen molar-refractivity contribution < 1.29 is 46.4 Å². The SMILES string of the molecule is [3H]c1c(CN(C=O)[C@H]2C[C@@H](C)[N+](CF)(C(=O)OC(C)C)c3ccccc32)cc(C(F)(F)F)cc1C(F)(F)F. The first kappa shape index (κ1) is 26.9. The first-order valence-electron chi connectivity index (χ1n) is 11.8. The van der Waals surface area contributed by atoms with Crippen molar-refractivity contribution >= 4 is 18.2 Å². The summed E-state index contributed by atoms with van der Waals surface area (Å²) in [6, 6.07) is 3.37. The molecule has 37 heavy (non-hydrogen) atoms. The number of hydrogen-bond donors (Lipinski definition) is 0. The molecule has 0 bridgehead atoms. The Hall–Kier alpha value is -3.15. The maximum Gasteiger partial charge on any atom is 0.523 e. The molecule has 202 valence electrons. The van der Waals surface area contributed by atoms with Crippen LogP contribution in [-0.2, 0) is 28.4 Å². The second kappa shape index (κ2) is 10.3. The summed E-state index contributed by atoms with van der Waals surface area (Å²) in [5.41, 5.74) is -3.62. The predicted octanol–water partition coefficient (Wildman–Crippen LogP) is 7.00. The molecular formula is C25H26F7N2O3+. The van der Waals surface area contributed by atoms with Gasteiger partial charge in [0.25, 0.3) is 0 Å². The Morgan fingerprint density at radius 1 is 1.16 bits per heavy atom. The monoisotopic (exact) mass is 537 g/mol. The number of nitrogens with zero attached hydrogens (tertiary/aromatic N) is 2. The lowest BCUT2D eigenvalue weighted by Gasteiger charge is -2.45. The number of fused-ring (bicyclic) bond motifs is 1. The molecule has 3 rings (SSSR count). The molecule has 1 aliphatic rings. The van der Waals surface area contributed by atoms with E-state index in [0.29, 0.717) is 6.07 Å². The molecule has 2 aromatic rings. The summed E-state index contributed by atoms with van der Waals surface area (Å²) in [6.07, 6.45) is -11.6. The maximum absolute atomic E-state index is 14.6. The molecule has 1 heterocycles. The van der Waals surface area contributed by atoms with Crippen molar-refractivity contribution in [2.24, 2.45) is 0 Å². The Morgan fingerprint density at radius 2 is 1.78 bits per heavy atom. The topological polar surface area (TPSA) is 46.6 Å². The van der Waals surface area contributed by atoms with Gasteiger partial charge >= 0.3 is 18.4 Å². The van der Waals surface area contributed by atoms with Gasteiger partial charge in [0.05, 0.1) is 18.5 Å². The first-order valence-corrected chi connectivity index (χ1v) is 11.3. The van der Waals surface area contributed by atoms with E-state index in [1.54, 1.807) is 19.9 Å². The Morgan fingerprint density at radius 3 is 2.32 bits per heavy atom. The zero-order chi connectivity index (χ0) is 28.6. The number of rotatable bonds is 6. The van der Waals surface area contributed by atoms with Crippen LogP contribution in [0.5, 0.6) is 0 Å². The minimum Gasteiger partial charge on any atom is -0.417 e. The maximum atomic E-state index is 14.6. The highest BCUT2D eigenvalue weighted by Gasteiger charge is 2.53. The molecule has 2 aromatic carbocycles. The summed E-state index contributed by atoms with van der Waals surface area (Å²) in [5.74, 6) is 0. The van der Waals surface area contributed by atoms with Gasteiger partial charge in [-0.05, 0) is 44.5 Å². The highest BCUT2D eigenvalue weighted by atomic mass is 19.4. The van der Waals surface area contributed by atoms with Crippen LogP contribution >= 0.6 is 0 Å². The molecule has 0 aliphatic carbocycles. The van der Waals surface area contributed by atoms with Gasteiger partial charge in [0.2, 0.25) is 13.2 Å². The summed E-state index contributed by atoms with van der Waals surface area (Å²) in [5, 5.41) is 0. The fourth-order valence-corrected chi connectivity index (χ4v) is 4.57. The zero-order valence-corrected chi connectivity index (χ0v) is 20.2. The van der Waals surface area contributed by atoms with E-state index in [1.165, 1.54) is 25.1 Å². The molecule has 3 atom stereocenters. The number of carbonyl (C=O) groups is 2. The van der Waals surface area contributed by atoms with E-state index in [1.807, 2.05) is 0 Å². The lowest BCUT2D eigenvalue weighted by atomic mass is 9.88. The van der Waals surface area contributed by atoms with Crippen LogP contribution in [0.2, 0.25) is 0 Å². The van der Waals surface area contributed by atoms with Crippen molar-refractivity contribution in [3.63, 3.8) is 0 Å². The van der Waals surface area contributed by atoms with E-state index in [0.717, 1.165) is 4.90 Å². The van der Waals surface area contributed by atoms with E-state index in [-0.39, 0.29) is 30.1 Å². The molecule has 12 heteroatoms. The van der Waals surface area contributed by atoms with Gasteiger partial charge in [-0.2, -0.15) is 40.0 Å².